The van der Waals surface area contributed by atoms with Gasteiger partial charge in [-0.25, -0.2) is 14.4 Å². The molecule has 1 heterocycles. The molecule has 9 nitrogen and oxygen atoms in total. The third-order valence-electron chi connectivity index (χ3n) is 5.41. The van der Waals surface area contributed by atoms with Crippen molar-refractivity contribution in [2.24, 2.45) is 5.10 Å². The number of carbonyl (C=O) groups excluding carboxylic acids is 3. The topological polar surface area (TPSA) is 97.7 Å². The van der Waals surface area contributed by atoms with Crippen molar-refractivity contribution >= 4 is 52.9 Å². The standard InChI is InChI=1S/C22H17ClF3N3O6S/c1-33-18(30)21-10-12-9-13(23)3-8-16(12)17(21)27-28(11-35-21)19(31)29(20(32)34-2)14-4-6-15(7-5-14)36-22(24,25)26/h3-9H,10-11H2,1-2H3/t21-/m0/s1. The zero-order chi connectivity index (χ0) is 26.3. The number of hydrazone groups is 1. The first-order valence-corrected chi connectivity index (χ1v) is 11.3. The van der Waals surface area contributed by atoms with Crippen LogP contribution in [0.3, 0.4) is 0 Å². The minimum atomic E-state index is -4.51. The molecule has 1 aliphatic heterocycles. The number of amides is 3. The lowest BCUT2D eigenvalue weighted by Gasteiger charge is -2.35. The number of rotatable bonds is 3. The number of benzene rings is 2. The van der Waals surface area contributed by atoms with Crippen molar-refractivity contribution in [2.75, 3.05) is 25.9 Å². The highest BCUT2D eigenvalue weighted by molar-refractivity contribution is 8.00. The fourth-order valence-electron chi connectivity index (χ4n) is 3.87. The molecule has 0 bridgehead atoms. The molecule has 0 saturated carbocycles. The number of ether oxygens (including phenoxy) is 3. The van der Waals surface area contributed by atoms with Crippen molar-refractivity contribution in [3.05, 3.63) is 58.6 Å². The van der Waals surface area contributed by atoms with Crippen molar-refractivity contribution in [3.63, 3.8) is 0 Å². The molecule has 0 saturated heterocycles. The second kappa shape index (κ2) is 9.64. The molecule has 0 fully saturated rings. The van der Waals surface area contributed by atoms with Crippen LogP contribution in [0.4, 0.5) is 28.4 Å². The summed E-state index contributed by atoms with van der Waals surface area (Å²) >= 11 is 5.74. The van der Waals surface area contributed by atoms with Crippen LogP contribution in [-0.4, -0.2) is 60.9 Å². The van der Waals surface area contributed by atoms with Gasteiger partial charge in [-0.3, -0.25) is 0 Å². The molecular weight excluding hydrogens is 527 g/mol. The van der Waals surface area contributed by atoms with E-state index in [0.717, 1.165) is 36.4 Å². The van der Waals surface area contributed by atoms with E-state index in [1.165, 1.54) is 7.11 Å². The Hall–Kier alpha value is -3.29. The molecule has 2 aliphatic rings. The number of imide groups is 1. The first-order chi connectivity index (χ1) is 17.0. The highest BCUT2D eigenvalue weighted by atomic mass is 35.5. The number of hydrogen-bond donors (Lipinski definition) is 0. The van der Waals surface area contributed by atoms with Crippen molar-refractivity contribution in [1.82, 2.24) is 5.01 Å². The molecule has 0 radical (unpaired) electrons. The Balaban J connectivity index is 1.70. The Kier molecular flexibility index (Phi) is 6.90. The Morgan fingerprint density at radius 3 is 2.44 bits per heavy atom. The number of halogens is 4. The first kappa shape index (κ1) is 25.8. The minimum Gasteiger partial charge on any atom is -0.467 e. The summed E-state index contributed by atoms with van der Waals surface area (Å²) in [5.74, 6) is -0.733. The monoisotopic (exact) mass is 543 g/mol. The van der Waals surface area contributed by atoms with Gasteiger partial charge in [-0.1, -0.05) is 17.7 Å². The summed E-state index contributed by atoms with van der Waals surface area (Å²) in [6.45, 7) is -0.533. The predicted octanol–water partition coefficient (Wildman–Crippen LogP) is 4.81. The smallest absolute Gasteiger partial charge is 0.446 e. The lowest BCUT2D eigenvalue weighted by molar-refractivity contribution is -0.165. The number of carbonyl (C=O) groups is 3. The van der Waals surface area contributed by atoms with Crippen LogP contribution in [0.1, 0.15) is 11.1 Å². The van der Waals surface area contributed by atoms with Crippen LogP contribution in [0.2, 0.25) is 5.02 Å². The molecule has 3 amide bonds. The Bertz CT molecular complexity index is 1260. The fraction of sp³-hybridized carbons (Fsp3) is 0.273. The minimum absolute atomic E-state index is 0.0650. The number of fused-ring (bicyclic) bond motifs is 3. The zero-order valence-corrected chi connectivity index (χ0v) is 20.2. The maximum absolute atomic E-state index is 13.4. The summed E-state index contributed by atoms with van der Waals surface area (Å²) in [7, 11) is 2.22. The van der Waals surface area contributed by atoms with Crippen molar-refractivity contribution in [3.8, 4) is 0 Å². The summed E-state index contributed by atoms with van der Waals surface area (Å²) in [5.41, 5.74) is -4.96. The van der Waals surface area contributed by atoms with Crippen LogP contribution < -0.4 is 4.90 Å². The summed E-state index contributed by atoms with van der Waals surface area (Å²) in [5, 5.41) is 5.54. The van der Waals surface area contributed by atoms with Gasteiger partial charge >= 0.3 is 23.6 Å². The molecule has 0 N–H and O–H groups in total. The van der Waals surface area contributed by atoms with Crippen LogP contribution in [-0.2, 0) is 25.4 Å². The van der Waals surface area contributed by atoms with E-state index in [9.17, 15) is 27.6 Å². The van der Waals surface area contributed by atoms with Gasteiger partial charge in [0, 0.05) is 21.9 Å². The number of esters is 1. The number of anilines is 1. The lowest BCUT2D eigenvalue weighted by Crippen LogP contribution is -2.56. The van der Waals surface area contributed by atoms with E-state index < -0.39 is 35.9 Å². The number of urea groups is 1. The van der Waals surface area contributed by atoms with E-state index in [1.54, 1.807) is 18.2 Å². The molecule has 1 aliphatic carbocycles. The highest BCUT2D eigenvalue weighted by Crippen LogP contribution is 2.40. The Morgan fingerprint density at radius 2 is 1.83 bits per heavy atom. The molecule has 36 heavy (non-hydrogen) atoms. The van der Waals surface area contributed by atoms with Gasteiger partial charge in [-0.15, -0.1) is 0 Å². The molecule has 2 aromatic rings. The quantitative estimate of drug-likeness (QED) is 0.405. The van der Waals surface area contributed by atoms with Gasteiger partial charge in [0.1, 0.15) is 12.4 Å². The second-order valence-electron chi connectivity index (χ2n) is 7.55. The third-order valence-corrected chi connectivity index (χ3v) is 6.39. The van der Waals surface area contributed by atoms with Crippen LogP contribution in [0.25, 0.3) is 0 Å². The molecule has 4 rings (SSSR count). The molecule has 14 heteroatoms. The molecule has 190 valence electrons. The van der Waals surface area contributed by atoms with Gasteiger partial charge in [-0.2, -0.15) is 28.2 Å². The Morgan fingerprint density at radius 1 is 1.14 bits per heavy atom. The summed E-state index contributed by atoms with van der Waals surface area (Å²) in [6, 6.07) is 8.35. The van der Waals surface area contributed by atoms with Crippen LogP contribution in [0.15, 0.2) is 52.5 Å². The van der Waals surface area contributed by atoms with E-state index >= 15 is 0 Å². The zero-order valence-electron chi connectivity index (χ0n) is 18.7. The molecular formula is C22H17ClF3N3O6S. The average Bonchev–Trinajstić information content (AvgIpc) is 3.17. The van der Waals surface area contributed by atoms with Crippen molar-refractivity contribution < 1.29 is 41.8 Å². The Labute approximate surface area is 211 Å². The van der Waals surface area contributed by atoms with Gasteiger partial charge in [0.05, 0.1) is 19.9 Å². The third kappa shape index (κ3) is 4.73. The van der Waals surface area contributed by atoms with Crippen LogP contribution in [0.5, 0.6) is 0 Å². The summed E-state index contributed by atoms with van der Waals surface area (Å²) in [6.07, 6.45) is -1.05. The number of hydrogen-bond acceptors (Lipinski definition) is 8. The molecule has 0 unspecified atom stereocenters. The number of alkyl halides is 3. The molecule has 2 aromatic carbocycles. The summed E-state index contributed by atoms with van der Waals surface area (Å²) in [4.78, 5) is 39.0. The predicted molar refractivity (Wildman–Crippen MR) is 123 cm³/mol. The maximum atomic E-state index is 13.4. The van der Waals surface area contributed by atoms with Crippen molar-refractivity contribution in [1.29, 1.82) is 0 Å². The number of nitrogens with zero attached hydrogens (tertiary/aromatic N) is 3. The van der Waals surface area contributed by atoms with Crippen LogP contribution in [0, 0.1) is 0 Å². The fourth-order valence-corrected chi connectivity index (χ4v) is 4.61. The highest BCUT2D eigenvalue weighted by Gasteiger charge is 2.55. The van der Waals surface area contributed by atoms with Crippen molar-refractivity contribution in [2.45, 2.75) is 22.4 Å². The van der Waals surface area contributed by atoms with E-state index in [1.807, 2.05) is 0 Å². The molecule has 0 aromatic heterocycles. The second-order valence-corrected chi connectivity index (χ2v) is 9.12. The van der Waals surface area contributed by atoms with Gasteiger partial charge in [0.15, 0.2) is 0 Å². The van der Waals surface area contributed by atoms with Gasteiger partial charge in [-0.05, 0) is 53.7 Å². The van der Waals surface area contributed by atoms with E-state index in [4.69, 9.17) is 25.8 Å². The lowest BCUT2D eigenvalue weighted by atomic mass is 9.97. The van der Waals surface area contributed by atoms with Gasteiger partial charge < -0.3 is 14.2 Å². The number of thioether (sulfide) groups is 1. The summed E-state index contributed by atoms with van der Waals surface area (Å²) < 4.78 is 53.4. The number of methoxy groups -OCH3 is 2. The first-order valence-electron chi connectivity index (χ1n) is 10.1. The van der Waals surface area contributed by atoms with E-state index in [2.05, 4.69) is 5.10 Å². The largest absolute Gasteiger partial charge is 0.467 e. The van der Waals surface area contributed by atoms with E-state index in [-0.39, 0.29) is 34.5 Å². The average molecular weight is 544 g/mol. The normalized spacial score (nSPS) is 18.6. The van der Waals surface area contributed by atoms with Gasteiger partial charge in [0.2, 0.25) is 5.60 Å². The SMILES string of the molecule is COC(=O)N(C(=O)N1CO[C@@]2(C(=O)OC)Cc3cc(Cl)ccc3C2=N1)c1ccc(SC(F)(F)F)cc1. The van der Waals surface area contributed by atoms with Crippen LogP contribution >= 0.6 is 23.4 Å². The molecule has 1 atom stereocenters. The molecule has 0 spiro atoms. The van der Waals surface area contributed by atoms with Gasteiger partial charge in [0.25, 0.3) is 0 Å². The van der Waals surface area contributed by atoms with E-state index in [0.29, 0.717) is 21.0 Å². The maximum Gasteiger partial charge on any atom is 0.446 e.